The van der Waals surface area contributed by atoms with Gasteiger partial charge in [0.1, 0.15) is 17.8 Å². The Kier molecular flexibility index (Phi) is 7.09. The number of benzene rings is 2. The van der Waals surface area contributed by atoms with Gasteiger partial charge in [0.25, 0.3) is 5.91 Å². The first-order valence-electron chi connectivity index (χ1n) is 12.9. The van der Waals surface area contributed by atoms with Crippen LogP contribution in [0.2, 0.25) is 0 Å². The number of hydrogen-bond donors (Lipinski definition) is 2. The fourth-order valence-corrected chi connectivity index (χ4v) is 5.31. The number of aryl methyl sites for hydroxylation is 1. The lowest BCUT2D eigenvalue weighted by Crippen LogP contribution is -2.58. The number of carbonyl (C=O) groups excluding carboxylic acids is 3. The van der Waals surface area contributed by atoms with E-state index in [2.05, 4.69) is 15.5 Å². The van der Waals surface area contributed by atoms with Crippen molar-refractivity contribution in [1.82, 2.24) is 15.1 Å². The highest BCUT2D eigenvalue weighted by molar-refractivity contribution is 5.97. The van der Waals surface area contributed by atoms with Gasteiger partial charge in [-0.15, -0.1) is 0 Å². The Morgan fingerprint density at radius 2 is 1.74 bits per heavy atom. The number of likely N-dealkylation sites (tertiary alicyclic amines) is 1. The number of piperidine rings is 1. The highest BCUT2D eigenvalue weighted by Gasteiger charge is 2.54. The molecule has 1 aromatic heterocycles. The van der Waals surface area contributed by atoms with Crippen molar-refractivity contribution in [2.45, 2.75) is 38.8 Å². The molecule has 1 spiro atoms. The summed E-state index contributed by atoms with van der Waals surface area (Å²) in [5.74, 6) is 0.328. The molecule has 2 aromatic carbocycles. The van der Waals surface area contributed by atoms with Crippen LogP contribution in [0.15, 0.2) is 71.3 Å². The number of para-hydroxylation sites is 1. The van der Waals surface area contributed by atoms with Crippen LogP contribution in [0.4, 0.5) is 16.2 Å². The summed E-state index contributed by atoms with van der Waals surface area (Å²) in [6.45, 7) is 5.42. The molecule has 0 atom stereocenters. The molecule has 2 fully saturated rings. The van der Waals surface area contributed by atoms with E-state index in [-0.39, 0.29) is 30.9 Å². The number of amides is 4. The summed E-state index contributed by atoms with van der Waals surface area (Å²) in [6.07, 6.45) is 2.51. The van der Waals surface area contributed by atoms with E-state index in [1.807, 2.05) is 62.4 Å². The van der Waals surface area contributed by atoms with Gasteiger partial charge in [0.2, 0.25) is 5.91 Å². The van der Waals surface area contributed by atoms with Crippen molar-refractivity contribution < 1.29 is 18.8 Å². The van der Waals surface area contributed by atoms with Crippen molar-refractivity contribution in [2.24, 2.45) is 0 Å². The monoisotopic (exact) mass is 515 g/mol. The zero-order valence-electron chi connectivity index (χ0n) is 21.8. The van der Waals surface area contributed by atoms with Gasteiger partial charge in [-0.1, -0.05) is 30.3 Å². The number of nitrogens with one attached hydrogen (secondary N) is 2. The van der Waals surface area contributed by atoms with Crippen LogP contribution in [0.1, 0.15) is 29.7 Å². The van der Waals surface area contributed by atoms with Crippen molar-refractivity contribution >= 4 is 29.2 Å². The molecule has 9 heteroatoms. The second-order valence-electron chi connectivity index (χ2n) is 9.96. The molecular formula is C29H33N5O4. The van der Waals surface area contributed by atoms with E-state index in [1.54, 1.807) is 28.2 Å². The van der Waals surface area contributed by atoms with Crippen LogP contribution in [0.25, 0.3) is 0 Å². The number of hydrogen-bond acceptors (Lipinski definition) is 5. The second kappa shape index (κ2) is 10.6. The fourth-order valence-electron chi connectivity index (χ4n) is 5.31. The minimum absolute atomic E-state index is 0.0402. The van der Waals surface area contributed by atoms with E-state index < -0.39 is 5.54 Å². The SMILES string of the molecule is Cc1cccc(NC(=O)N2CCC3(CC2)C(=O)N(CC(=O)NCc2ccco2)CN3c2ccccc2)c1C. The molecule has 9 nitrogen and oxygen atoms in total. The van der Waals surface area contributed by atoms with E-state index in [9.17, 15) is 14.4 Å². The summed E-state index contributed by atoms with van der Waals surface area (Å²) in [5.41, 5.74) is 3.07. The van der Waals surface area contributed by atoms with Crippen LogP contribution in [0.3, 0.4) is 0 Å². The zero-order chi connectivity index (χ0) is 26.7. The van der Waals surface area contributed by atoms with Crippen molar-refractivity contribution in [3.8, 4) is 0 Å². The smallest absolute Gasteiger partial charge is 0.321 e. The molecule has 38 heavy (non-hydrogen) atoms. The standard InChI is InChI=1S/C29H33N5O4/c1-21-8-6-12-25(22(21)2)31-28(37)32-15-13-29(14-16-32)27(36)33(20-34(29)23-9-4-3-5-10-23)19-26(35)30-18-24-11-7-17-38-24/h3-12,17H,13-16,18-20H2,1-2H3,(H,30,35)(H,31,37). The summed E-state index contributed by atoms with van der Waals surface area (Å²) in [4.78, 5) is 45.1. The van der Waals surface area contributed by atoms with Crippen LogP contribution in [0.5, 0.6) is 0 Å². The number of furan rings is 1. The molecule has 2 N–H and O–H groups in total. The lowest BCUT2D eigenvalue weighted by atomic mass is 9.85. The fraction of sp³-hybridized carbons (Fsp3) is 0.345. The van der Waals surface area contributed by atoms with E-state index in [0.717, 1.165) is 22.5 Å². The van der Waals surface area contributed by atoms with Gasteiger partial charge in [-0.2, -0.15) is 0 Å². The third-order valence-corrected chi connectivity index (χ3v) is 7.68. The lowest BCUT2D eigenvalue weighted by Gasteiger charge is -2.43. The molecular weight excluding hydrogens is 482 g/mol. The predicted octanol–water partition coefficient (Wildman–Crippen LogP) is 3.89. The molecule has 3 aromatic rings. The molecule has 0 aliphatic carbocycles. The predicted molar refractivity (Wildman–Crippen MR) is 145 cm³/mol. The molecule has 198 valence electrons. The van der Waals surface area contributed by atoms with Crippen LogP contribution >= 0.6 is 0 Å². The topological polar surface area (TPSA) is 98.1 Å². The maximum Gasteiger partial charge on any atom is 0.321 e. The van der Waals surface area contributed by atoms with Crippen molar-refractivity contribution in [3.63, 3.8) is 0 Å². The highest BCUT2D eigenvalue weighted by atomic mass is 16.3. The van der Waals surface area contributed by atoms with E-state index in [0.29, 0.717) is 38.4 Å². The molecule has 3 heterocycles. The Labute approximate surface area is 222 Å². The van der Waals surface area contributed by atoms with Crippen LogP contribution < -0.4 is 15.5 Å². The normalized spacial score (nSPS) is 16.7. The minimum atomic E-state index is -0.807. The third kappa shape index (κ3) is 4.96. The highest BCUT2D eigenvalue weighted by Crippen LogP contribution is 2.39. The first-order chi connectivity index (χ1) is 18.4. The molecule has 4 amide bonds. The molecule has 2 aliphatic heterocycles. The van der Waals surface area contributed by atoms with Gasteiger partial charge in [0.05, 0.1) is 19.5 Å². The van der Waals surface area contributed by atoms with Crippen LogP contribution in [-0.2, 0) is 16.1 Å². The number of nitrogens with zero attached hydrogens (tertiary/aromatic N) is 3. The number of anilines is 2. The Morgan fingerprint density at radius 1 is 0.974 bits per heavy atom. The van der Waals surface area contributed by atoms with Gasteiger partial charge < -0.3 is 29.8 Å². The number of urea groups is 1. The average Bonchev–Trinajstić information content (AvgIpc) is 3.54. The maximum absolute atomic E-state index is 13.9. The van der Waals surface area contributed by atoms with Gasteiger partial charge in [-0.3, -0.25) is 9.59 Å². The molecule has 2 saturated heterocycles. The Bertz CT molecular complexity index is 1300. The third-order valence-electron chi connectivity index (χ3n) is 7.68. The summed E-state index contributed by atoms with van der Waals surface area (Å²) >= 11 is 0. The summed E-state index contributed by atoms with van der Waals surface area (Å²) in [5, 5.41) is 5.86. The van der Waals surface area contributed by atoms with Gasteiger partial charge in [0, 0.05) is 24.5 Å². The van der Waals surface area contributed by atoms with Crippen LogP contribution in [0, 0.1) is 13.8 Å². The Balaban J connectivity index is 1.28. The number of rotatable bonds is 6. The minimum Gasteiger partial charge on any atom is -0.467 e. The van der Waals surface area contributed by atoms with Crippen molar-refractivity contribution in [2.75, 3.05) is 36.5 Å². The second-order valence-corrected chi connectivity index (χ2v) is 9.96. The Morgan fingerprint density at radius 3 is 2.45 bits per heavy atom. The van der Waals surface area contributed by atoms with Crippen molar-refractivity contribution in [3.05, 3.63) is 83.8 Å². The van der Waals surface area contributed by atoms with Gasteiger partial charge in [-0.25, -0.2) is 4.79 Å². The maximum atomic E-state index is 13.9. The first kappa shape index (κ1) is 25.4. The van der Waals surface area contributed by atoms with E-state index in [4.69, 9.17) is 4.42 Å². The molecule has 0 radical (unpaired) electrons. The molecule has 0 bridgehead atoms. The number of carbonyl (C=O) groups is 3. The Hall–Kier alpha value is -4.27. The van der Waals surface area contributed by atoms with E-state index in [1.165, 1.54) is 0 Å². The molecule has 2 aliphatic rings. The molecule has 0 saturated carbocycles. The molecule has 0 unspecified atom stereocenters. The lowest BCUT2D eigenvalue weighted by molar-refractivity contribution is -0.137. The van der Waals surface area contributed by atoms with Gasteiger partial charge in [-0.05, 0) is 68.1 Å². The summed E-state index contributed by atoms with van der Waals surface area (Å²) in [7, 11) is 0. The van der Waals surface area contributed by atoms with Gasteiger partial charge in [0.15, 0.2) is 0 Å². The summed E-state index contributed by atoms with van der Waals surface area (Å²) in [6, 6.07) is 19.0. The first-order valence-corrected chi connectivity index (χ1v) is 12.9. The van der Waals surface area contributed by atoms with Gasteiger partial charge >= 0.3 is 6.03 Å². The zero-order valence-corrected chi connectivity index (χ0v) is 21.8. The largest absolute Gasteiger partial charge is 0.467 e. The van der Waals surface area contributed by atoms with Crippen LogP contribution in [-0.4, -0.2) is 59.5 Å². The average molecular weight is 516 g/mol. The van der Waals surface area contributed by atoms with E-state index >= 15 is 0 Å². The summed E-state index contributed by atoms with van der Waals surface area (Å²) < 4.78 is 5.28. The quantitative estimate of drug-likeness (QED) is 0.519. The molecule has 5 rings (SSSR count). The van der Waals surface area contributed by atoms with Crippen molar-refractivity contribution in [1.29, 1.82) is 0 Å².